The number of carbonyl (C=O) groups is 1. The van der Waals surface area contributed by atoms with E-state index in [1.165, 1.54) is 0 Å². The summed E-state index contributed by atoms with van der Waals surface area (Å²) in [5.74, 6) is 0.393. The lowest BCUT2D eigenvalue weighted by Crippen LogP contribution is -2.46. The van der Waals surface area contributed by atoms with Crippen LogP contribution in [0.1, 0.15) is 40.5 Å². The molecule has 3 heterocycles. The van der Waals surface area contributed by atoms with Crippen LogP contribution >= 0.6 is 0 Å². The molecule has 0 spiro atoms. The summed E-state index contributed by atoms with van der Waals surface area (Å²) in [6.45, 7) is 10.2. The summed E-state index contributed by atoms with van der Waals surface area (Å²) in [5.41, 5.74) is 1.79. The lowest BCUT2D eigenvalue weighted by molar-refractivity contribution is -0.128. The van der Waals surface area contributed by atoms with Gasteiger partial charge in [-0.3, -0.25) is 4.79 Å². The molecule has 4 heteroatoms. The van der Waals surface area contributed by atoms with Gasteiger partial charge in [-0.2, -0.15) is 0 Å². The lowest BCUT2D eigenvalue weighted by Gasteiger charge is -2.38. The molecule has 96 valence electrons. The molecule has 0 aromatic carbocycles. The molecule has 0 aromatic rings. The van der Waals surface area contributed by atoms with Gasteiger partial charge in [0.15, 0.2) is 0 Å². The van der Waals surface area contributed by atoms with Gasteiger partial charge in [0.1, 0.15) is 0 Å². The maximum atomic E-state index is 12.1. The SMILES string of the molecule is CC(C)[Si]1(C(C)C)O[C@@H]2CCN3C(=O)C[C@H]1C23. The van der Waals surface area contributed by atoms with E-state index in [1.807, 2.05) is 0 Å². The average Bonchev–Trinajstić information content (AvgIpc) is 2.83. The lowest BCUT2D eigenvalue weighted by atomic mass is 10.1. The van der Waals surface area contributed by atoms with E-state index in [0.717, 1.165) is 19.4 Å². The second-order valence-corrected chi connectivity index (χ2v) is 11.5. The van der Waals surface area contributed by atoms with Crippen molar-refractivity contribution in [3.63, 3.8) is 0 Å². The third kappa shape index (κ3) is 1.28. The van der Waals surface area contributed by atoms with E-state index >= 15 is 0 Å². The van der Waals surface area contributed by atoms with Crippen LogP contribution in [0.5, 0.6) is 0 Å². The molecule has 0 aliphatic carbocycles. The van der Waals surface area contributed by atoms with Crippen molar-refractivity contribution in [2.45, 2.75) is 69.3 Å². The number of rotatable bonds is 2. The first-order valence-electron chi connectivity index (χ1n) is 6.95. The normalized spacial score (nSPS) is 38.6. The van der Waals surface area contributed by atoms with Gasteiger partial charge in [0, 0.05) is 18.5 Å². The first kappa shape index (κ1) is 11.7. The molecule has 3 nitrogen and oxygen atoms in total. The third-order valence-corrected chi connectivity index (χ3v) is 11.3. The summed E-state index contributed by atoms with van der Waals surface area (Å²) in [4.78, 5) is 14.2. The van der Waals surface area contributed by atoms with Crippen LogP contribution in [0.3, 0.4) is 0 Å². The van der Waals surface area contributed by atoms with Gasteiger partial charge in [-0.15, -0.1) is 0 Å². The minimum Gasteiger partial charge on any atom is -0.411 e. The van der Waals surface area contributed by atoms with Crippen LogP contribution in [0, 0.1) is 0 Å². The number of hydrogen-bond acceptors (Lipinski definition) is 2. The van der Waals surface area contributed by atoms with Gasteiger partial charge in [-0.25, -0.2) is 0 Å². The van der Waals surface area contributed by atoms with Crippen LogP contribution in [0.4, 0.5) is 0 Å². The van der Waals surface area contributed by atoms with Crippen molar-refractivity contribution >= 4 is 14.2 Å². The molecule has 0 saturated carbocycles. The number of carbonyl (C=O) groups excluding carboxylic acids is 1. The van der Waals surface area contributed by atoms with Gasteiger partial charge in [-0.05, 0) is 17.5 Å². The highest BCUT2D eigenvalue weighted by Crippen LogP contribution is 2.58. The van der Waals surface area contributed by atoms with Gasteiger partial charge >= 0.3 is 0 Å². The van der Waals surface area contributed by atoms with E-state index in [0.29, 0.717) is 34.7 Å². The summed E-state index contributed by atoms with van der Waals surface area (Å²) >= 11 is 0. The molecule has 3 saturated heterocycles. The second-order valence-electron chi connectivity index (χ2n) is 6.50. The maximum Gasteiger partial charge on any atom is 0.223 e. The Morgan fingerprint density at radius 2 is 1.94 bits per heavy atom. The molecule has 1 amide bonds. The Hall–Kier alpha value is -0.353. The van der Waals surface area contributed by atoms with E-state index in [-0.39, 0.29) is 0 Å². The highest BCUT2D eigenvalue weighted by atomic mass is 28.4. The van der Waals surface area contributed by atoms with E-state index in [9.17, 15) is 4.79 Å². The molecule has 3 atom stereocenters. The molecule has 0 bridgehead atoms. The molecule has 0 aromatic heterocycles. The Kier molecular flexibility index (Phi) is 2.46. The van der Waals surface area contributed by atoms with Crippen LogP contribution in [0.15, 0.2) is 0 Å². The van der Waals surface area contributed by atoms with Crippen molar-refractivity contribution in [3.05, 3.63) is 0 Å². The molecular weight excluding hydrogens is 230 g/mol. The van der Waals surface area contributed by atoms with Crippen molar-refractivity contribution in [3.8, 4) is 0 Å². The second kappa shape index (κ2) is 3.57. The Morgan fingerprint density at radius 3 is 2.53 bits per heavy atom. The number of nitrogens with zero attached hydrogens (tertiary/aromatic N) is 1. The zero-order chi connectivity index (χ0) is 12.4. The van der Waals surface area contributed by atoms with Crippen LogP contribution in [0.25, 0.3) is 0 Å². The Balaban J connectivity index is 2.02. The third-order valence-electron chi connectivity index (χ3n) is 5.26. The fourth-order valence-corrected chi connectivity index (χ4v) is 10.6. The van der Waals surface area contributed by atoms with Gasteiger partial charge in [0.2, 0.25) is 14.2 Å². The molecule has 3 aliphatic rings. The Labute approximate surface area is 105 Å². The Bertz CT molecular complexity index is 347. The summed E-state index contributed by atoms with van der Waals surface area (Å²) in [7, 11) is -1.77. The highest BCUT2D eigenvalue weighted by Gasteiger charge is 2.66. The number of amides is 1. The van der Waals surface area contributed by atoms with Gasteiger partial charge in [-0.1, -0.05) is 27.7 Å². The highest BCUT2D eigenvalue weighted by molar-refractivity contribution is 6.79. The van der Waals surface area contributed by atoms with E-state index in [2.05, 4.69) is 32.6 Å². The van der Waals surface area contributed by atoms with Crippen molar-refractivity contribution in [1.29, 1.82) is 0 Å². The fourth-order valence-electron chi connectivity index (χ4n) is 4.68. The fraction of sp³-hybridized carbons (Fsp3) is 0.923. The molecule has 0 N–H and O–H groups in total. The zero-order valence-corrected chi connectivity index (χ0v) is 12.3. The van der Waals surface area contributed by atoms with Crippen molar-refractivity contribution in [2.75, 3.05) is 6.54 Å². The molecule has 1 unspecified atom stereocenters. The smallest absolute Gasteiger partial charge is 0.223 e. The summed E-state index contributed by atoms with van der Waals surface area (Å²) in [6, 6.07) is 0.443. The molecule has 3 fully saturated rings. The van der Waals surface area contributed by atoms with Crippen LogP contribution in [-0.2, 0) is 9.22 Å². The van der Waals surface area contributed by atoms with Crippen LogP contribution in [0.2, 0.25) is 16.6 Å². The Morgan fingerprint density at radius 1 is 1.29 bits per heavy atom. The average molecular weight is 253 g/mol. The van der Waals surface area contributed by atoms with Crippen molar-refractivity contribution in [2.24, 2.45) is 0 Å². The summed E-state index contributed by atoms with van der Waals surface area (Å²) in [5, 5.41) is 0. The molecule has 3 rings (SSSR count). The zero-order valence-electron chi connectivity index (χ0n) is 11.3. The standard InChI is InChI=1S/C13H23NO2Si/c1-8(2)17(9(3)4)11-7-12(15)14-6-5-10(16-17)13(11)14/h8-11,13H,5-7H2,1-4H3/t10-,11+,13?/m1/s1. The first-order chi connectivity index (χ1) is 7.98. The topological polar surface area (TPSA) is 29.5 Å². The minimum absolute atomic E-state index is 0.364. The number of hydrogen-bond donors (Lipinski definition) is 0. The predicted octanol–water partition coefficient (Wildman–Crippen LogP) is 2.53. The molecule has 3 aliphatic heterocycles. The van der Waals surface area contributed by atoms with E-state index in [4.69, 9.17) is 4.43 Å². The molecule has 0 radical (unpaired) electrons. The monoisotopic (exact) mass is 253 g/mol. The van der Waals surface area contributed by atoms with Gasteiger partial charge in [0.25, 0.3) is 0 Å². The van der Waals surface area contributed by atoms with Gasteiger partial charge in [0.05, 0.1) is 12.1 Å². The molecular formula is C13H23NO2Si. The quantitative estimate of drug-likeness (QED) is 0.708. The van der Waals surface area contributed by atoms with Crippen LogP contribution < -0.4 is 0 Å². The summed E-state index contributed by atoms with van der Waals surface area (Å²) in [6.07, 6.45) is 2.20. The maximum absolute atomic E-state index is 12.1. The van der Waals surface area contributed by atoms with Crippen molar-refractivity contribution < 1.29 is 9.22 Å². The first-order valence-corrected chi connectivity index (χ1v) is 9.09. The molecule has 17 heavy (non-hydrogen) atoms. The predicted molar refractivity (Wildman–Crippen MR) is 69.3 cm³/mol. The minimum atomic E-state index is -1.77. The van der Waals surface area contributed by atoms with Crippen LogP contribution in [-0.4, -0.2) is 37.8 Å². The van der Waals surface area contributed by atoms with Crippen molar-refractivity contribution in [1.82, 2.24) is 4.90 Å². The van der Waals surface area contributed by atoms with E-state index in [1.54, 1.807) is 0 Å². The summed E-state index contributed by atoms with van der Waals surface area (Å²) < 4.78 is 6.62. The van der Waals surface area contributed by atoms with Gasteiger partial charge < -0.3 is 9.33 Å². The van der Waals surface area contributed by atoms with E-state index < -0.39 is 8.32 Å². The largest absolute Gasteiger partial charge is 0.411 e.